The molecule has 0 unspecified atom stereocenters. The molecular weight excluding hydrogens is 292 g/mol. The summed E-state index contributed by atoms with van der Waals surface area (Å²) in [6.45, 7) is 4.46. The maximum atomic E-state index is 11.7. The molecule has 0 heterocycles. The molecule has 0 saturated heterocycles. The molecule has 0 atom stereocenters. The molecule has 0 aliphatic heterocycles. The van der Waals surface area contributed by atoms with E-state index >= 15 is 0 Å². The van der Waals surface area contributed by atoms with Crippen LogP contribution in [0.2, 0.25) is 5.02 Å². The van der Waals surface area contributed by atoms with Crippen molar-refractivity contribution >= 4 is 34.3 Å². The van der Waals surface area contributed by atoms with Gasteiger partial charge in [0.2, 0.25) is 0 Å². The monoisotopic (exact) mass is 304 g/mol. The smallest absolute Gasteiger partial charge is 0.349 e. The second-order valence-corrected chi connectivity index (χ2v) is 4.83. The fourth-order valence-corrected chi connectivity index (χ4v) is 1.95. The van der Waals surface area contributed by atoms with Crippen LogP contribution in [0, 0.1) is 0 Å². The van der Waals surface area contributed by atoms with Crippen molar-refractivity contribution in [3.8, 4) is 5.75 Å². The lowest BCUT2D eigenvalue weighted by Gasteiger charge is -2.09. The molecule has 0 bridgehead atoms. The van der Waals surface area contributed by atoms with Gasteiger partial charge in [0.15, 0.2) is 6.61 Å². The highest BCUT2D eigenvalue weighted by Gasteiger charge is 2.12. The Bertz CT molecular complexity index is 721. The largest absolute Gasteiger partial charge is 0.450 e. The van der Waals surface area contributed by atoms with Gasteiger partial charge in [0.1, 0.15) is 5.75 Å². The molecule has 108 valence electrons. The molecule has 0 radical (unpaired) electrons. The van der Waals surface area contributed by atoms with Crippen molar-refractivity contribution in [2.75, 3.05) is 6.61 Å². The summed E-state index contributed by atoms with van der Waals surface area (Å²) in [7, 11) is 0. The summed E-state index contributed by atoms with van der Waals surface area (Å²) in [5.74, 6) is -0.934. The second-order valence-electron chi connectivity index (χ2n) is 4.42. The number of fused-ring (bicyclic) bond motifs is 1. The third-order valence-electron chi connectivity index (χ3n) is 2.72. The van der Waals surface area contributed by atoms with Gasteiger partial charge < -0.3 is 9.47 Å². The first kappa shape index (κ1) is 15.1. The number of halogens is 1. The highest BCUT2D eigenvalue weighted by Crippen LogP contribution is 2.31. The van der Waals surface area contributed by atoms with Gasteiger partial charge in [-0.3, -0.25) is 0 Å². The van der Waals surface area contributed by atoms with E-state index in [0.717, 1.165) is 5.39 Å². The average molecular weight is 305 g/mol. The van der Waals surface area contributed by atoms with Gasteiger partial charge in [0, 0.05) is 21.4 Å². The number of hydrogen-bond acceptors (Lipinski definition) is 4. The SMILES string of the molecule is C=C(C)C(=O)OCC(=O)Oc1ccc(Cl)c2ccccc12. The van der Waals surface area contributed by atoms with Gasteiger partial charge in [-0.05, 0) is 19.1 Å². The minimum Gasteiger partial charge on any atom is -0.450 e. The predicted octanol–water partition coefficient (Wildman–Crippen LogP) is 3.52. The zero-order chi connectivity index (χ0) is 15.4. The molecule has 0 aromatic heterocycles. The molecular formula is C16H13ClO4. The van der Waals surface area contributed by atoms with Crippen LogP contribution in [0.25, 0.3) is 10.8 Å². The summed E-state index contributed by atoms with van der Waals surface area (Å²) < 4.78 is 9.94. The average Bonchev–Trinajstić information content (AvgIpc) is 2.48. The minimum absolute atomic E-state index is 0.222. The molecule has 2 aromatic rings. The summed E-state index contributed by atoms with van der Waals surface area (Å²) in [5.41, 5.74) is 0.222. The lowest BCUT2D eigenvalue weighted by molar-refractivity contribution is -0.150. The summed E-state index contributed by atoms with van der Waals surface area (Å²) in [6.07, 6.45) is 0. The van der Waals surface area contributed by atoms with E-state index in [1.54, 1.807) is 18.2 Å². The number of esters is 2. The van der Waals surface area contributed by atoms with Crippen LogP contribution in [0.15, 0.2) is 48.6 Å². The number of ether oxygens (including phenoxy) is 2. The van der Waals surface area contributed by atoms with Crippen LogP contribution in [-0.2, 0) is 14.3 Å². The molecule has 2 aromatic carbocycles. The lowest BCUT2D eigenvalue weighted by Crippen LogP contribution is -2.19. The van der Waals surface area contributed by atoms with Crippen LogP contribution in [0.3, 0.4) is 0 Å². The van der Waals surface area contributed by atoms with E-state index in [1.165, 1.54) is 6.92 Å². The first-order valence-corrected chi connectivity index (χ1v) is 6.57. The zero-order valence-corrected chi connectivity index (χ0v) is 12.1. The van der Waals surface area contributed by atoms with Crippen LogP contribution in [-0.4, -0.2) is 18.5 Å². The van der Waals surface area contributed by atoms with Crippen molar-refractivity contribution in [1.82, 2.24) is 0 Å². The number of benzene rings is 2. The molecule has 0 saturated carbocycles. The highest BCUT2D eigenvalue weighted by molar-refractivity contribution is 6.35. The Morgan fingerprint density at radius 3 is 2.48 bits per heavy atom. The van der Waals surface area contributed by atoms with Crippen molar-refractivity contribution in [3.63, 3.8) is 0 Å². The Kier molecular flexibility index (Phi) is 4.60. The van der Waals surface area contributed by atoms with Gasteiger partial charge in [0.05, 0.1) is 0 Å². The fraction of sp³-hybridized carbons (Fsp3) is 0.125. The Hall–Kier alpha value is -2.33. The van der Waals surface area contributed by atoms with Crippen molar-refractivity contribution in [1.29, 1.82) is 0 Å². The van der Waals surface area contributed by atoms with Crippen LogP contribution in [0.1, 0.15) is 6.92 Å². The van der Waals surface area contributed by atoms with Crippen LogP contribution in [0.5, 0.6) is 5.75 Å². The Labute approximate surface area is 126 Å². The molecule has 0 aliphatic carbocycles. The van der Waals surface area contributed by atoms with Crippen molar-refractivity contribution in [2.45, 2.75) is 6.92 Å². The van der Waals surface area contributed by atoms with Crippen LogP contribution in [0.4, 0.5) is 0 Å². The number of rotatable bonds is 4. The first-order valence-electron chi connectivity index (χ1n) is 6.19. The maximum Gasteiger partial charge on any atom is 0.349 e. The second kappa shape index (κ2) is 6.41. The van der Waals surface area contributed by atoms with Gasteiger partial charge in [0.25, 0.3) is 0 Å². The predicted molar refractivity (Wildman–Crippen MR) is 80.4 cm³/mol. The Morgan fingerprint density at radius 1 is 1.14 bits per heavy atom. The molecule has 0 amide bonds. The van der Waals surface area contributed by atoms with E-state index in [2.05, 4.69) is 6.58 Å². The molecule has 4 nitrogen and oxygen atoms in total. The lowest BCUT2D eigenvalue weighted by atomic mass is 10.1. The van der Waals surface area contributed by atoms with E-state index in [-0.39, 0.29) is 5.57 Å². The zero-order valence-electron chi connectivity index (χ0n) is 11.4. The summed E-state index contributed by atoms with van der Waals surface area (Å²) >= 11 is 6.08. The maximum absolute atomic E-state index is 11.7. The third-order valence-corrected chi connectivity index (χ3v) is 3.05. The van der Waals surface area contributed by atoms with Gasteiger partial charge >= 0.3 is 11.9 Å². The van der Waals surface area contributed by atoms with E-state index in [0.29, 0.717) is 16.2 Å². The molecule has 0 spiro atoms. The summed E-state index contributed by atoms with van der Waals surface area (Å²) in [4.78, 5) is 22.9. The van der Waals surface area contributed by atoms with E-state index < -0.39 is 18.5 Å². The first-order chi connectivity index (χ1) is 9.99. The topological polar surface area (TPSA) is 52.6 Å². The van der Waals surface area contributed by atoms with Gasteiger partial charge in [-0.15, -0.1) is 0 Å². The van der Waals surface area contributed by atoms with Gasteiger partial charge in [-0.1, -0.05) is 42.4 Å². The quantitative estimate of drug-likeness (QED) is 0.493. The van der Waals surface area contributed by atoms with Gasteiger partial charge in [-0.2, -0.15) is 0 Å². The minimum atomic E-state index is -0.669. The standard InChI is InChI=1S/C16H13ClO4/c1-10(2)16(19)20-9-15(18)21-14-8-7-13(17)11-5-3-4-6-12(11)14/h3-8H,1,9H2,2H3. The third kappa shape index (κ3) is 3.61. The highest BCUT2D eigenvalue weighted by atomic mass is 35.5. The summed E-state index contributed by atoms with van der Waals surface area (Å²) in [5, 5.41) is 2.06. The molecule has 0 aliphatic rings. The van der Waals surface area contributed by atoms with Gasteiger partial charge in [-0.25, -0.2) is 9.59 Å². The molecule has 0 fully saturated rings. The Balaban J connectivity index is 2.13. The number of carbonyl (C=O) groups is 2. The van der Waals surface area contributed by atoms with E-state index in [9.17, 15) is 9.59 Å². The number of carbonyl (C=O) groups excluding carboxylic acids is 2. The fourth-order valence-electron chi connectivity index (χ4n) is 1.72. The number of hydrogen-bond donors (Lipinski definition) is 0. The normalized spacial score (nSPS) is 10.2. The Morgan fingerprint density at radius 2 is 1.81 bits per heavy atom. The van der Waals surface area contributed by atoms with Crippen molar-refractivity contribution < 1.29 is 19.1 Å². The molecule has 2 rings (SSSR count). The van der Waals surface area contributed by atoms with Crippen molar-refractivity contribution in [2.24, 2.45) is 0 Å². The van der Waals surface area contributed by atoms with E-state index in [4.69, 9.17) is 21.1 Å². The summed E-state index contributed by atoms with van der Waals surface area (Å²) in [6, 6.07) is 10.5. The molecule has 5 heteroatoms. The van der Waals surface area contributed by atoms with Crippen molar-refractivity contribution in [3.05, 3.63) is 53.6 Å². The van der Waals surface area contributed by atoms with Crippen LogP contribution >= 0.6 is 11.6 Å². The molecule has 21 heavy (non-hydrogen) atoms. The molecule has 0 N–H and O–H groups in total. The van der Waals surface area contributed by atoms with Crippen LogP contribution < -0.4 is 4.74 Å². The van der Waals surface area contributed by atoms with E-state index in [1.807, 2.05) is 18.2 Å².